The molecule has 0 radical (unpaired) electrons. The number of rotatable bonds is 4. The fraction of sp³-hybridized carbons (Fsp3) is 0.154. The van der Waals surface area contributed by atoms with Gasteiger partial charge < -0.3 is 0 Å². The molecule has 0 saturated heterocycles. The minimum absolute atomic E-state index is 0.347. The highest BCUT2D eigenvalue weighted by molar-refractivity contribution is 5.88. The average Bonchev–Trinajstić information content (AvgIpc) is 2.46. The highest BCUT2D eigenvalue weighted by Gasteiger charge is 2.12. The zero-order valence-electron chi connectivity index (χ0n) is 9.82. The molecule has 0 aliphatic heterocycles. The van der Waals surface area contributed by atoms with Gasteiger partial charge in [0.25, 0.3) is 0 Å². The first-order valence-corrected chi connectivity index (χ1v) is 5.45. The molecule has 2 heterocycles. The lowest BCUT2D eigenvalue weighted by atomic mass is 10.2. The SMILES string of the molecule is CC(OOC(=O)c1cccnc1)c1ccncc1. The molecule has 0 spiro atoms. The van der Waals surface area contributed by atoms with Crippen molar-refractivity contribution < 1.29 is 14.6 Å². The van der Waals surface area contributed by atoms with Gasteiger partial charge in [0.1, 0.15) is 6.10 Å². The fourth-order valence-electron chi connectivity index (χ4n) is 1.34. The lowest BCUT2D eigenvalue weighted by molar-refractivity contribution is -0.273. The van der Waals surface area contributed by atoms with Gasteiger partial charge >= 0.3 is 5.97 Å². The van der Waals surface area contributed by atoms with Crippen LogP contribution in [0.5, 0.6) is 0 Å². The molecule has 2 rings (SSSR count). The maximum Gasteiger partial charge on any atom is 0.374 e. The predicted molar refractivity (Wildman–Crippen MR) is 63.4 cm³/mol. The van der Waals surface area contributed by atoms with Gasteiger partial charge in [0.15, 0.2) is 0 Å². The smallest absolute Gasteiger partial charge is 0.292 e. The Bertz CT molecular complexity index is 502. The largest absolute Gasteiger partial charge is 0.374 e. The Morgan fingerprint density at radius 3 is 2.61 bits per heavy atom. The number of carbonyl (C=O) groups is 1. The molecule has 5 nitrogen and oxygen atoms in total. The van der Waals surface area contributed by atoms with Gasteiger partial charge in [-0.25, -0.2) is 4.79 Å². The minimum atomic E-state index is -0.566. The summed E-state index contributed by atoms with van der Waals surface area (Å²) in [5.74, 6) is -0.566. The molecule has 18 heavy (non-hydrogen) atoms. The molecule has 2 aromatic heterocycles. The maximum atomic E-state index is 11.6. The zero-order valence-corrected chi connectivity index (χ0v) is 9.82. The highest BCUT2D eigenvalue weighted by Crippen LogP contribution is 2.16. The molecule has 2 aromatic rings. The number of aromatic nitrogens is 2. The number of carbonyl (C=O) groups excluding carboxylic acids is 1. The van der Waals surface area contributed by atoms with Gasteiger partial charge in [-0.1, -0.05) is 0 Å². The number of hydrogen-bond donors (Lipinski definition) is 0. The lowest BCUT2D eigenvalue weighted by Gasteiger charge is -2.10. The van der Waals surface area contributed by atoms with Crippen molar-refractivity contribution in [2.24, 2.45) is 0 Å². The van der Waals surface area contributed by atoms with Crippen LogP contribution >= 0.6 is 0 Å². The summed E-state index contributed by atoms with van der Waals surface area (Å²) in [6, 6.07) is 6.85. The number of nitrogens with zero attached hydrogens (tertiary/aromatic N) is 2. The third-order valence-corrected chi connectivity index (χ3v) is 2.34. The third-order valence-electron chi connectivity index (χ3n) is 2.34. The molecule has 1 unspecified atom stereocenters. The van der Waals surface area contributed by atoms with E-state index in [-0.39, 0.29) is 6.10 Å². The van der Waals surface area contributed by atoms with Crippen LogP contribution in [0.4, 0.5) is 0 Å². The maximum absolute atomic E-state index is 11.6. The molecule has 0 aromatic carbocycles. The normalized spacial score (nSPS) is 11.8. The summed E-state index contributed by atoms with van der Waals surface area (Å²) >= 11 is 0. The molecule has 92 valence electrons. The van der Waals surface area contributed by atoms with E-state index in [4.69, 9.17) is 9.78 Å². The summed E-state index contributed by atoms with van der Waals surface area (Å²) in [6.45, 7) is 1.78. The Kier molecular flexibility index (Phi) is 3.98. The molecule has 1 atom stereocenters. The van der Waals surface area contributed by atoms with Crippen molar-refractivity contribution in [3.05, 3.63) is 60.2 Å². The van der Waals surface area contributed by atoms with E-state index < -0.39 is 5.97 Å². The van der Waals surface area contributed by atoms with E-state index in [2.05, 4.69) is 9.97 Å². The van der Waals surface area contributed by atoms with Crippen LogP contribution in [0.1, 0.15) is 28.9 Å². The van der Waals surface area contributed by atoms with Gasteiger partial charge in [0.2, 0.25) is 0 Å². The van der Waals surface area contributed by atoms with Crippen LogP contribution in [0, 0.1) is 0 Å². The van der Waals surface area contributed by atoms with Crippen molar-refractivity contribution in [1.82, 2.24) is 9.97 Å². The van der Waals surface area contributed by atoms with Gasteiger partial charge in [0, 0.05) is 24.8 Å². The van der Waals surface area contributed by atoms with Gasteiger partial charge in [-0.15, -0.1) is 0 Å². The van der Waals surface area contributed by atoms with E-state index in [1.54, 1.807) is 49.8 Å². The van der Waals surface area contributed by atoms with Crippen molar-refractivity contribution in [3.8, 4) is 0 Å². The van der Waals surface area contributed by atoms with E-state index >= 15 is 0 Å². The van der Waals surface area contributed by atoms with Crippen molar-refractivity contribution in [3.63, 3.8) is 0 Å². The first kappa shape index (κ1) is 12.2. The molecule has 0 bridgehead atoms. The zero-order chi connectivity index (χ0) is 12.8. The molecular weight excluding hydrogens is 232 g/mol. The van der Waals surface area contributed by atoms with Crippen molar-refractivity contribution >= 4 is 5.97 Å². The van der Waals surface area contributed by atoms with Gasteiger partial charge in [-0.05, 0) is 36.8 Å². The minimum Gasteiger partial charge on any atom is -0.292 e. The second kappa shape index (κ2) is 5.88. The summed E-state index contributed by atoms with van der Waals surface area (Å²) in [5, 5.41) is 0. The van der Waals surface area contributed by atoms with Crippen LogP contribution in [0.25, 0.3) is 0 Å². The molecule has 0 aliphatic carbocycles. The van der Waals surface area contributed by atoms with Crippen LogP contribution in [-0.4, -0.2) is 15.9 Å². The Labute approximate surface area is 104 Å². The summed E-state index contributed by atoms with van der Waals surface area (Å²) in [4.78, 5) is 29.1. The Hall–Kier alpha value is -2.27. The molecule has 0 amide bonds. The molecular formula is C13H12N2O3. The summed E-state index contributed by atoms with van der Waals surface area (Å²) in [6.07, 6.45) is 5.95. The second-order valence-electron chi connectivity index (χ2n) is 3.63. The number of pyridine rings is 2. The first-order chi connectivity index (χ1) is 8.77. The first-order valence-electron chi connectivity index (χ1n) is 5.45. The average molecular weight is 244 g/mol. The Balaban J connectivity index is 1.91. The molecule has 0 aliphatic rings. The Morgan fingerprint density at radius 1 is 1.17 bits per heavy atom. The standard InChI is InChI=1S/C13H12N2O3/c1-10(11-4-7-14-8-5-11)17-18-13(16)12-3-2-6-15-9-12/h2-10H,1H3. The van der Waals surface area contributed by atoms with E-state index in [9.17, 15) is 4.79 Å². The molecule has 5 heteroatoms. The van der Waals surface area contributed by atoms with Gasteiger partial charge in [0.05, 0.1) is 5.56 Å². The molecule has 0 N–H and O–H groups in total. The Morgan fingerprint density at radius 2 is 1.94 bits per heavy atom. The lowest BCUT2D eigenvalue weighted by Crippen LogP contribution is -2.09. The van der Waals surface area contributed by atoms with Crippen molar-refractivity contribution in [2.45, 2.75) is 13.0 Å². The van der Waals surface area contributed by atoms with Crippen LogP contribution < -0.4 is 0 Å². The van der Waals surface area contributed by atoms with Crippen LogP contribution in [0.15, 0.2) is 49.1 Å². The highest BCUT2D eigenvalue weighted by atomic mass is 17.2. The third kappa shape index (κ3) is 3.11. The second-order valence-corrected chi connectivity index (χ2v) is 3.63. The number of hydrogen-bond acceptors (Lipinski definition) is 5. The van der Waals surface area contributed by atoms with Crippen LogP contribution in [-0.2, 0) is 9.78 Å². The topological polar surface area (TPSA) is 61.3 Å². The van der Waals surface area contributed by atoms with Crippen molar-refractivity contribution in [1.29, 1.82) is 0 Å². The monoisotopic (exact) mass is 244 g/mol. The van der Waals surface area contributed by atoms with Crippen LogP contribution in [0.2, 0.25) is 0 Å². The summed E-state index contributed by atoms with van der Waals surface area (Å²) in [5.41, 5.74) is 1.23. The van der Waals surface area contributed by atoms with E-state index in [1.165, 1.54) is 6.20 Å². The summed E-state index contributed by atoms with van der Waals surface area (Å²) < 4.78 is 0. The summed E-state index contributed by atoms with van der Waals surface area (Å²) in [7, 11) is 0. The quantitative estimate of drug-likeness (QED) is 0.610. The van der Waals surface area contributed by atoms with E-state index in [0.717, 1.165) is 5.56 Å². The van der Waals surface area contributed by atoms with E-state index in [0.29, 0.717) is 5.56 Å². The van der Waals surface area contributed by atoms with Crippen molar-refractivity contribution in [2.75, 3.05) is 0 Å². The molecule has 0 saturated carbocycles. The van der Waals surface area contributed by atoms with E-state index in [1.807, 2.05) is 0 Å². The fourth-order valence-corrected chi connectivity index (χ4v) is 1.34. The molecule has 0 fully saturated rings. The predicted octanol–water partition coefficient (Wildman–Crippen LogP) is 2.33. The van der Waals surface area contributed by atoms with Crippen LogP contribution in [0.3, 0.4) is 0 Å². The van der Waals surface area contributed by atoms with Gasteiger partial charge in [-0.3, -0.25) is 14.9 Å². The van der Waals surface area contributed by atoms with Gasteiger partial charge in [-0.2, -0.15) is 4.89 Å².